The Balaban J connectivity index is 1.39. The van der Waals surface area contributed by atoms with Crippen LogP contribution >= 0.6 is 11.6 Å². The Labute approximate surface area is 299 Å². The number of para-hydroxylation sites is 1. The number of nitrogens with zero attached hydrogens (tertiary/aromatic N) is 1. The lowest BCUT2D eigenvalue weighted by molar-refractivity contribution is -0.146. The highest BCUT2D eigenvalue weighted by atomic mass is 35.5. The highest BCUT2D eigenvalue weighted by molar-refractivity contribution is 6.27. The quantitative estimate of drug-likeness (QED) is 0.101. The van der Waals surface area contributed by atoms with Gasteiger partial charge >= 0.3 is 5.97 Å². The zero-order valence-electron chi connectivity index (χ0n) is 27.9. The van der Waals surface area contributed by atoms with Crippen LogP contribution in [0.1, 0.15) is 43.2 Å². The molecule has 1 aliphatic heterocycles. The fourth-order valence-corrected chi connectivity index (χ4v) is 6.60. The number of benzene rings is 3. The van der Waals surface area contributed by atoms with Gasteiger partial charge < -0.3 is 36.7 Å². The van der Waals surface area contributed by atoms with Crippen molar-refractivity contribution < 1.29 is 33.9 Å². The van der Waals surface area contributed by atoms with Crippen molar-refractivity contribution in [1.82, 2.24) is 25.8 Å². The number of nitrogens with two attached hydrogens (primary N) is 1. The number of primary amides is 1. The first kappa shape index (κ1) is 36.8. The number of aromatic nitrogens is 1. The summed E-state index contributed by atoms with van der Waals surface area (Å²) in [4.78, 5) is 82.4. The number of carbonyl (C=O) groups is 6. The number of H-pyrrole nitrogens is 1. The van der Waals surface area contributed by atoms with Crippen molar-refractivity contribution in [3.05, 3.63) is 84.1 Å². The van der Waals surface area contributed by atoms with E-state index in [2.05, 4.69) is 20.9 Å². The van der Waals surface area contributed by atoms with Gasteiger partial charge in [-0.25, -0.2) is 0 Å². The van der Waals surface area contributed by atoms with E-state index in [9.17, 15) is 33.9 Å². The Morgan fingerprint density at radius 3 is 2.37 bits per heavy atom. The molecule has 2 heterocycles. The average molecular weight is 717 g/mol. The summed E-state index contributed by atoms with van der Waals surface area (Å²) in [5, 5.41) is 20.1. The Morgan fingerprint density at radius 1 is 0.882 bits per heavy atom. The highest BCUT2D eigenvalue weighted by Crippen LogP contribution is 2.22. The molecule has 0 saturated carbocycles. The summed E-state index contributed by atoms with van der Waals surface area (Å²) in [6, 6.07) is 16.5. The van der Waals surface area contributed by atoms with Gasteiger partial charge in [0, 0.05) is 42.9 Å². The van der Waals surface area contributed by atoms with Gasteiger partial charge in [-0.2, -0.15) is 0 Å². The van der Waals surface area contributed by atoms with Gasteiger partial charge in [-0.15, -0.1) is 11.6 Å². The smallest absolute Gasteiger partial charge is 0.303 e. The number of hydrogen-bond donors (Lipinski definition) is 6. The second-order valence-electron chi connectivity index (χ2n) is 12.7. The number of carbonyl (C=O) groups excluding carboxylic acids is 5. The van der Waals surface area contributed by atoms with E-state index < -0.39 is 72.0 Å². The van der Waals surface area contributed by atoms with Crippen molar-refractivity contribution in [3.8, 4) is 0 Å². The van der Waals surface area contributed by atoms with E-state index in [0.717, 1.165) is 32.8 Å². The second-order valence-corrected chi connectivity index (χ2v) is 13.0. The first-order chi connectivity index (χ1) is 24.5. The van der Waals surface area contributed by atoms with Crippen LogP contribution in [-0.4, -0.2) is 87.1 Å². The third-order valence-electron chi connectivity index (χ3n) is 9.14. The average Bonchev–Trinajstić information content (AvgIpc) is 3.54. The molecule has 4 unspecified atom stereocenters. The van der Waals surface area contributed by atoms with Crippen molar-refractivity contribution in [1.29, 1.82) is 0 Å². The number of alkyl halides is 1. The maximum absolute atomic E-state index is 14.0. The molecule has 5 rings (SSSR count). The fraction of sp³-hybridized carbons (Fsp3) is 0.351. The predicted octanol–water partition coefficient (Wildman–Crippen LogP) is 2.53. The summed E-state index contributed by atoms with van der Waals surface area (Å²) in [5.41, 5.74) is 8.16. The summed E-state index contributed by atoms with van der Waals surface area (Å²) >= 11 is 5.65. The Kier molecular flexibility index (Phi) is 12.3. The van der Waals surface area contributed by atoms with E-state index in [-0.39, 0.29) is 32.2 Å². The van der Waals surface area contributed by atoms with Crippen LogP contribution in [0.3, 0.4) is 0 Å². The molecule has 13 nitrogen and oxygen atoms in total. The monoisotopic (exact) mass is 716 g/mol. The van der Waals surface area contributed by atoms with Crippen LogP contribution in [-0.2, 0) is 41.6 Å². The fourth-order valence-electron chi connectivity index (χ4n) is 6.52. The zero-order chi connectivity index (χ0) is 36.5. The maximum atomic E-state index is 14.0. The predicted molar refractivity (Wildman–Crippen MR) is 192 cm³/mol. The number of likely N-dealkylation sites (tertiary alicyclic amines) is 1. The second kappa shape index (κ2) is 17.0. The zero-order valence-corrected chi connectivity index (χ0v) is 28.7. The van der Waals surface area contributed by atoms with Crippen LogP contribution in [0, 0.1) is 0 Å². The van der Waals surface area contributed by atoms with Crippen molar-refractivity contribution in [2.24, 2.45) is 5.73 Å². The minimum absolute atomic E-state index is 0.0641. The maximum Gasteiger partial charge on any atom is 0.303 e. The Morgan fingerprint density at radius 2 is 1.63 bits per heavy atom. The molecule has 1 saturated heterocycles. The molecule has 1 fully saturated rings. The van der Waals surface area contributed by atoms with Crippen LogP contribution in [0.5, 0.6) is 0 Å². The summed E-state index contributed by atoms with van der Waals surface area (Å²) in [6.45, 7) is 0.188. The summed E-state index contributed by atoms with van der Waals surface area (Å²) in [6.07, 6.45) is 2.83. The molecule has 0 bridgehead atoms. The largest absolute Gasteiger partial charge is 0.481 e. The van der Waals surface area contributed by atoms with E-state index in [1.54, 1.807) is 6.20 Å². The minimum atomic E-state index is -1.21. The number of aliphatic carboxylic acids is 1. The molecule has 14 heteroatoms. The van der Waals surface area contributed by atoms with E-state index in [1.165, 1.54) is 4.90 Å². The molecule has 51 heavy (non-hydrogen) atoms. The molecule has 7 N–H and O–H groups in total. The first-order valence-electron chi connectivity index (χ1n) is 16.8. The summed E-state index contributed by atoms with van der Waals surface area (Å²) < 4.78 is 0. The molecular formula is C37H41ClN6O7. The van der Waals surface area contributed by atoms with E-state index in [1.807, 2.05) is 66.7 Å². The van der Waals surface area contributed by atoms with Crippen LogP contribution in [0.2, 0.25) is 0 Å². The first-order valence-corrected chi connectivity index (χ1v) is 17.4. The number of rotatable bonds is 15. The van der Waals surface area contributed by atoms with E-state index in [0.29, 0.717) is 12.8 Å². The van der Waals surface area contributed by atoms with Crippen LogP contribution in [0.25, 0.3) is 21.7 Å². The number of nitrogens with one attached hydrogen (secondary N) is 4. The minimum Gasteiger partial charge on any atom is -0.481 e. The molecule has 268 valence electrons. The molecule has 0 radical (unpaired) electrons. The Hall–Kier alpha value is -5.43. The molecule has 3 aromatic carbocycles. The molecule has 4 atom stereocenters. The number of aromatic amines is 1. The number of carboxylic acid groups (broad SMARTS) is 1. The number of fused-ring (bicyclic) bond motifs is 2. The van der Waals surface area contributed by atoms with Crippen molar-refractivity contribution >= 4 is 68.8 Å². The van der Waals surface area contributed by atoms with Gasteiger partial charge in [0.05, 0.1) is 0 Å². The van der Waals surface area contributed by atoms with E-state index >= 15 is 0 Å². The van der Waals surface area contributed by atoms with Gasteiger partial charge in [0.15, 0.2) is 0 Å². The molecular weight excluding hydrogens is 676 g/mol. The lowest BCUT2D eigenvalue weighted by Gasteiger charge is -2.37. The number of amides is 5. The van der Waals surface area contributed by atoms with Gasteiger partial charge in [-0.05, 0) is 53.6 Å². The molecule has 1 aliphatic rings. The molecule has 0 aliphatic carbocycles. The van der Waals surface area contributed by atoms with Crippen LogP contribution in [0.4, 0.5) is 0 Å². The molecule has 1 aromatic heterocycles. The standard InChI is InChI=1S/C37H41ClN6O7/c38-20-32(45)41-28(14-15-33(46)47)37(51)44-16-6-5-11-31(44)36(50)43-30(18-22-12-13-23-7-1-2-8-24(23)17-22)35(49)42-29(34(39)48)19-25-21-40-27-10-4-3-9-26(25)27/h1-4,7-10,12-13,17,21,28-31,40H,5-6,11,14-16,18-20H2,(H2,39,48)(H,41,45)(H,42,49)(H,43,50)(H,46,47). The number of halogens is 1. The van der Waals surface area contributed by atoms with Crippen molar-refractivity contribution in [2.75, 3.05) is 12.4 Å². The lowest BCUT2D eigenvalue weighted by atomic mass is 9.97. The summed E-state index contributed by atoms with van der Waals surface area (Å²) in [5.74, 6) is -4.83. The number of piperidine rings is 1. The topological polar surface area (TPSA) is 204 Å². The lowest BCUT2D eigenvalue weighted by Crippen LogP contribution is -2.60. The number of hydrogen-bond acceptors (Lipinski definition) is 6. The van der Waals surface area contributed by atoms with Crippen molar-refractivity contribution in [3.63, 3.8) is 0 Å². The van der Waals surface area contributed by atoms with Gasteiger partial charge in [-0.3, -0.25) is 28.8 Å². The molecule has 4 aromatic rings. The molecule has 5 amide bonds. The number of carboxylic acids is 1. The van der Waals surface area contributed by atoms with E-state index in [4.69, 9.17) is 17.3 Å². The van der Waals surface area contributed by atoms with Gasteiger partial charge in [0.25, 0.3) is 0 Å². The highest BCUT2D eigenvalue weighted by Gasteiger charge is 2.38. The third-order valence-corrected chi connectivity index (χ3v) is 9.38. The van der Waals surface area contributed by atoms with Gasteiger partial charge in [0.1, 0.15) is 30.0 Å². The molecule has 0 spiro atoms. The van der Waals surface area contributed by atoms with Gasteiger partial charge in [0.2, 0.25) is 29.5 Å². The normalized spacial score (nSPS) is 16.2. The van der Waals surface area contributed by atoms with Crippen LogP contribution < -0.4 is 21.7 Å². The van der Waals surface area contributed by atoms with Crippen molar-refractivity contribution in [2.45, 2.75) is 69.1 Å². The SMILES string of the molecule is NC(=O)C(Cc1c[nH]c2ccccc12)NC(=O)C(Cc1ccc2ccccc2c1)NC(=O)C1CCCCN1C(=O)C(CCC(=O)O)NC(=O)CCl. The third kappa shape index (κ3) is 9.43. The van der Waals surface area contributed by atoms with Gasteiger partial charge in [-0.1, -0.05) is 60.7 Å². The summed E-state index contributed by atoms with van der Waals surface area (Å²) in [7, 11) is 0. The van der Waals surface area contributed by atoms with Crippen LogP contribution in [0.15, 0.2) is 72.9 Å². The Bertz CT molecular complexity index is 1930.